The number of carbonyl (C=O) groups excluding carboxylic acids is 2. The van der Waals surface area contributed by atoms with Crippen LogP contribution in [0, 0.1) is 0 Å². The lowest BCUT2D eigenvalue weighted by molar-refractivity contribution is -0.119. The molecule has 6 nitrogen and oxygen atoms in total. The predicted molar refractivity (Wildman–Crippen MR) is 140 cm³/mol. The van der Waals surface area contributed by atoms with E-state index >= 15 is 0 Å². The SMILES string of the molecule is CCCCCOC(=O)c1ccc(NC(=S)NC(=O)CCCOc2ccc(C(C)(C)C)cc2)cc1. The number of hydrogen-bond donors (Lipinski definition) is 2. The van der Waals surface area contributed by atoms with Gasteiger partial charge in [-0.1, -0.05) is 52.7 Å². The van der Waals surface area contributed by atoms with Crippen molar-refractivity contribution in [2.24, 2.45) is 0 Å². The molecule has 0 saturated carbocycles. The summed E-state index contributed by atoms with van der Waals surface area (Å²) in [5.74, 6) is 0.265. The third kappa shape index (κ3) is 9.91. The molecule has 34 heavy (non-hydrogen) atoms. The maximum Gasteiger partial charge on any atom is 0.338 e. The Morgan fingerprint density at radius 1 is 0.912 bits per heavy atom. The van der Waals surface area contributed by atoms with E-state index in [9.17, 15) is 9.59 Å². The first-order valence-corrected chi connectivity index (χ1v) is 12.2. The lowest BCUT2D eigenvalue weighted by atomic mass is 9.87. The number of amides is 1. The van der Waals surface area contributed by atoms with Gasteiger partial charge in [0.15, 0.2) is 5.11 Å². The molecule has 1 amide bonds. The number of ether oxygens (including phenoxy) is 2. The van der Waals surface area contributed by atoms with Crippen LogP contribution < -0.4 is 15.4 Å². The van der Waals surface area contributed by atoms with Crippen LogP contribution in [-0.4, -0.2) is 30.2 Å². The third-order valence-corrected chi connectivity index (χ3v) is 5.35. The molecular weight excluding hydrogens is 448 g/mol. The van der Waals surface area contributed by atoms with Gasteiger partial charge in [-0.15, -0.1) is 0 Å². The van der Waals surface area contributed by atoms with Gasteiger partial charge in [-0.05, 0) is 72.4 Å². The largest absolute Gasteiger partial charge is 0.494 e. The van der Waals surface area contributed by atoms with Crippen LogP contribution in [0.2, 0.25) is 0 Å². The van der Waals surface area contributed by atoms with Gasteiger partial charge in [0.05, 0.1) is 18.8 Å². The number of nitrogens with one attached hydrogen (secondary N) is 2. The van der Waals surface area contributed by atoms with E-state index in [-0.39, 0.29) is 22.4 Å². The number of benzene rings is 2. The molecule has 0 saturated heterocycles. The molecular formula is C27H36N2O4S. The number of hydrogen-bond acceptors (Lipinski definition) is 5. The zero-order valence-electron chi connectivity index (χ0n) is 20.6. The Balaban J connectivity index is 1.66. The summed E-state index contributed by atoms with van der Waals surface area (Å²) in [6, 6.07) is 14.8. The number of carbonyl (C=O) groups is 2. The van der Waals surface area contributed by atoms with Gasteiger partial charge in [0.25, 0.3) is 0 Å². The van der Waals surface area contributed by atoms with E-state index in [0.29, 0.717) is 37.3 Å². The lowest BCUT2D eigenvalue weighted by Crippen LogP contribution is -2.34. The van der Waals surface area contributed by atoms with Crippen LogP contribution in [-0.2, 0) is 14.9 Å². The van der Waals surface area contributed by atoms with Crippen molar-refractivity contribution in [1.82, 2.24) is 5.32 Å². The lowest BCUT2D eigenvalue weighted by Gasteiger charge is -2.19. The fraction of sp³-hybridized carbons (Fsp3) is 0.444. The molecule has 0 aliphatic rings. The normalized spacial score (nSPS) is 10.9. The number of esters is 1. The van der Waals surface area contributed by atoms with E-state index in [1.165, 1.54) is 5.56 Å². The first kappa shape index (κ1) is 27.3. The minimum absolute atomic E-state index is 0.102. The first-order valence-electron chi connectivity index (χ1n) is 11.8. The van der Waals surface area contributed by atoms with Crippen molar-refractivity contribution in [2.45, 2.75) is 65.2 Å². The van der Waals surface area contributed by atoms with E-state index in [1.807, 2.05) is 12.1 Å². The van der Waals surface area contributed by atoms with E-state index in [4.69, 9.17) is 21.7 Å². The van der Waals surface area contributed by atoms with Gasteiger partial charge >= 0.3 is 5.97 Å². The van der Waals surface area contributed by atoms with Crippen molar-refractivity contribution >= 4 is 34.9 Å². The molecule has 0 atom stereocenters. The second-order valence-corrected chi connectivity index (χ2v) is 9.56. The van der Waals surface area contributed by atoms with Crippen molar-refractivity contribution in [3.8, 4) is 5.75 Å². The molecule has 7 heteroatoms. The summed E-state index contributed by atoms with van der Waals surface area (Å²) >= 11 is 5.21. The van der Waals surface area contributed by atoms with Crippen LogP contribution in [0.3, 0.4) is 0 Å². The second kappa shape index (κ2) is 13.7. The summed E-state index contributed by atoms with van der Waals surface area (Å²) in [4.78, 5) is 24.2. The quantitative estimate of drug-likeness (QED) is 0.231. The van der Waals surface area contributed by atoms with Gasteiger partial charge in [-0.3, -0.25) is 4.79 Å². The second-order valence-electron chi connectivity index (χ2n) is 9.15. The Kier molecular flexibility index (Phi) is 11.0. The third-order valence-electron chi connectivity index (χ3n) is 5.15. The zero-order chi connectivity index (χ0) is 25.0. The molecule has 0 bridgehead atoms. The molecule has 184 valence electrons. The molecule has 0 aliphatic heterocycles. The fourth-order valence-corrected chi connectivity index (χ4v) is 3.35. The number of thiocarbonyl (C=S) groups is 1. The van der Waals surface area contributed by atoms with Crippen molar-refractivity contribution in [1.29, 1.82) is 0 Å². The molecule has 2 aromatic carbocycles. The van der Waals surface area contributed by atoms with E-state index in [2.05, 4.69) is 50.5 Å². The van der Waals surface area contributed by atoms with Crippen molar-refractivity contribution < 1.29 is 19.1 Å². The molecule has 0 fully saturated rings. The molecule has 0 heterocycles. The Labute approximate surface area is 208 Å². The van der Waals surface area contributed by atoms with Gasteiger partial charge in [0.1, 0.15) is 5.75 Å². The number of anilines is 1. The van der Waals surface area contributed by atoms with E-state index < -0.39 is 0 Å². The van der Waals surface area contributed by atoms with Gasteiger partial charge in [0, 0.05) is 12.1 Å². The van der Waals surface area contributed by atoms with Crippen molar-refractivity contribution in [3.05, 3.63) is 59.7 Å². The smallest absolute Gasteiger partial charge is 0.338 e. The van der Waals surface area contributed by atoms with Gasteiger partial charge in [-0.2, -0.15) is 0 Å². The van der Waals surface area contributed by atoms with Crippen LogP contribution in [0.5, 0.6) is 5.75 Å². The first-order chi connectivity index (χ1) is 16.2. The molecule has 2 N–H and O–H groups in total. The monoisotopic (exact) mass is 484 g/mol. The molecule has 0 aromatic heterocycles. The maximum absolute atomic E-state index is 12.1. The molecule has 0 spiro atoms. The van der Waals surface area contributed by atoms with Crippen LogP contribution in [0.25, 0.3) is 0 Å². The summed E-state index contributed by atoms with van der Waals surface area (Å²) in [7, 11) is 0. The Bertz CT molecular complexity index is 935. The maximum atomic E-state index is 12.1. The molecule has 0 radical (unpaired) electrons. The Morgan fingerprint density at radius 2 is 1.59 bits per heavy atom. The predicted octanol–water partition coefficient (Wildman–Crippen LogP) is 6.00. The zero-order valence-corrected chi connectivity index (χ0v) is 21.4. The minimum Gasteiger partial charge on any atom is -0.494 e. The summed E-state index contributed by atoms with van der Waals surface area (Å²) in [6.07, 6.45) is 3.86. The average molecular weight is 485 g/mol. The summed E-state index contributed by atoms with van der Waals surface area (Å²) < 4.78 is 11.0. The highest BCUT2D eigenvalue weighted by molar-refractivity contribution is 7.80. The molecule has 2 aromatic rings. The van der Waals surface area contributed by atoms with E-state index in [1.54, 1.807) is 24.3 Å². The van der Waals surface area contributed by atoms with Crippen LogP contribution in [0.1, 0.15) is 75.7 Å². The summed E-state index contributed by atoms with van der Waals surface area (Å²) in [5.41, 5.74) is 2.50. The van der Waals surface area contributed by atoms with Crippen LogP contribution in [0.15, 0.2) is 48.5 Å². The number of rotatable bonds is 11. The van der Waals surface area contributed by atoms with E-state index in [0.717, 1.165) is 25.0 Å². The molecule has 0 unspecified atom stereocenters. The molecule has 0 aliphatic carbocycles. The number of unbranched alkanes of at least 4 members (excludes halogenated alkanes) is 2. The highest BCUT2D eigenvalue weighted by atomic mass is 32.1. The van der Waals surface area contributed by atoms with Crippen molar-refractivity contribution in [2.75, 3.05) is 18.5 Å². The van der Waals surface area contributed by atoms with Crippen LogP contribution in [0.4, 0.5) is 5.69 Å². The highest BCUT2D eigenvalue weighted by Crippen LogP contribution is 2.24. The topological polar surface area (TPSA) is 76.7 Å². The fourth-order valence-electron chi connectivity index (χ4n) is 3.12. The molecule has 2 rings (SSSR count). The highest BCUT2D eigenvalue weighted by Gasteiger charge is 2.13. The summed E-state index contributed by atoms with van der Waals surface area (Å²) in [6.45, 7) is 9.48. The minimum atomic E-state index is -0.342. The summed E-state index contributed by atoms with van der Waals surface area (Å²) in [5, 5.41) is 5.82. The van der Waals surface area contributed by atoms with Gasteiger partial charge in [0.2, 0.25) is 5.91 Å². The van der Waals surface area contributed by atoms with Crippen LogP contribution >= 0.6 is 12.2 Å². The van der Waals surface area contributed by atoms with Gasteiger partial charge in [-0.25, -0.2) is 4.79 Å². The average Bonchev–Trinajstić information content (AvgIpc) is 2.79. The standard InChI is InChI=1S/C27H36N2O4S/c1-5-6-7-18-33-25(31)20-10-14-22(15-11-20)28-26(34)29-24(30)9-8-19-32-23-16-12-21(13-17-23)27(2,3)4/h10-17H,5-9,18-19H2,1-4H3,(H2,28,29,30,34). The Hall–Kier alpha value is -2.93. The van der Waals surface area contributed by atoms with Gasteiger partial charge < -0.3 is 20.1 Å². The van der Waals surface area contributed by atoms with Crippen molar-refractivity contribution in [3.63, 3.8) is 0 Å². The Morgan fingerprint density at radius 3 is 2.21 bits per heavy atom.